The van der Waals surface area contributed by atoms with Crippen molar-refractivity contribution in [3.8, 4) is 0 Å². The summed E-state index contributed by atoms with van der Waals surface area (Å²) in [7, 11) is 2.05. The zero-order valence-corrected chi connectivity index (χ0v) is 17.3. The third-order valence-corrected chi connectivity index (χ3v) is 6.34. The van der Waals surface area contributed by atoms with Crippen LogP contribution in [-0.2, 0) is 5.92 Å². The van der Waals surface area contributed by atoms with Gasteiger partial charge in [-0.3, -0.25) is 9.69 Å². The highest BCUT2D eigenvalue weighted by Gasteiger charge is 2.47. The van der Waals surface area contributed by atoms with Crippen molar-refractivity contribution in [1.82, 2.24) is 9.80 Å². The molecular formula is C22H24ClF2N3O. The van der Waals surface area contributed by atoms with Crippen LogP contribution in [0.3, 0.4) is 0 Å². The SMILES string of the molecule is Cc1cc(C(=O)Nc2ccc3c(c2)C(F)(F)CC3N2CCN(C)CC2)ccc1Cl. The Balaban J connectivity index is 1.56. The van der Waals surface area contributed by atoms with Gasteiger partial charge in [-0.05, 0) is 55.4 Å². The van der Waals surface area contributed by atoms with Crippen LogP contribution in [0.15, 0.2) is 36.4 Å². The Kier molecular flexibility index (Phi) is 5.36. The predicted molar refractivity (Wildman–Crippen MR) is 111 cm³/mol. The standard InChI is InChI=1S/C22H24ClF2N3O/c1-14-11-15(3-6-19(14)23)21(29)26-16-4-5-17-18(12-16)22(24,25)13-20(17)28-9-7-27(2)8-10-28/h3-6,11-12,20H,7-10,13H2,1-2H3,(H,26,29). The molecule has 1 aliphatic carbocycles. The molecule has 1 aliphatic heterocycles. The molecule has 0 spiro atoms. The molecule has 1 heterocycles. The number of benzene rings is 2. The molecule has 7 heteroatoms. The van der Waals surface area contributed by atoms with Crippen LogP contribution in [0.1, 0.15) is 39.5 Å². The van der Waals surface area contributed by atoms with Gasteiger partial charge in [0, 0.05) is 60.5 Å². The van der Waals surface area contributed by atoms with Gasteiger partial charge in [0.1, 0.15) is 0 Å². The molecule has 1 atom stereocenters. The van der Waals surface area contributed by atoms with Gasteiger partial charge in [0.05, 0.1) is 0 Å². The summed E-state index contributed by atoms with van der Waals surface area (Å²) in [6.07, 6.45) is -0.209. The number of piperazine rings is 1. The summed E-state index contributed by atoms with van der Waals surface area (Å²) in [5, 5.41) is 3.31. The van der Waals surface area contributed by atoms with Gasteiger partial charge in [-0.2, -0.15) is 0 Å². The molecule has 1 saturated heterocycles. The molecule has 154 valence electrons. The van der Waals surface area contributed by atoms with E-state index in [1.165, 1.54) is 6.07 Å². The Morgan fingerprint density at radius 3 is 2.55 bits per heavy atom. The summed E-state index contributed by atoms with van der Waals surface area (Å²) in [5.41, 5.74) is 2.29. The third kappa shape index (κ3) is 4.02. The average molecular weight is 420 g/mol. The lowest BCUT2D eigenvalue weighted by Crippen LogP contribution is -2.45. The van der Waals surface area contributed by atoms with Crippen LogP contribution >= 0.6 is 11.6 Å². The fraction of sp³-hybridized carbons (Fsp3) is 0.409. The number of nitrogens with one attached hydrogen (secondary N) is 1. The number of aryl methyl sites for hydroxylation is 1. The molecule has 1 N–H and O–H groups in total. The molecule has 0 radical (unpaired) electrons. The highest BCUT2D eigenvalue weighted by atomic mass is 35.5. The lowest BCUT2D eigenvalue weighted by Gasteiger charge is -2.36. The summed E-state index contributed by atoms with van der Waals surface area (Å²) in [6.45, 7) is 5.14. The Bertz CT molecular complexity index is 942. The molecule has 4 nitrogen and oxygen atoms in total. The molecule has 0 saturated carbocycles. The number of alkyl halides is 2. The number of likely N-dealkylation sites (N-methyl/N-ethyl adjacent to an activating group) is 1. The number of carbonyl (C=O) groups is 1. The van der Waals surface area contributed by atoms with Crippen molar-refractivity contribution < 1.29 is 13.6 Å². The van der Waals surface area contributed by atoms with E-state index in [4.69, 9.17) is 11.6 Å². The van der Waals surface area contributed by atoms with E-state index in [1.54, 1.807) is 30.3 Å². The number of nitrogens with zero attached hydrogens (tertiary/aromatic N) is 2. The van der Waals surface area contributed by atoms with Crippen molar-refractivity contribution in [3.05, 3.63) is 63.7 Å². The second kappa shape index (κ2) is 7.67. The number of amides is 1. The lowest BCUT2D eigenvalue weighted by molar-refractivity contribution is -0.0257. The van der Waals surface area contributed by atoms with E-state index in [1.807, 2.05) is 14.0 Å². The molecule has 2 aromatic rings. The normalized spacial score (nSPS) is 21.8. The topological polar surface area (TPSA) is 35.6 Å². The second-order valence-electron chi connectivity index (χ2n) is 7.98. The highest BCUT2D eigenvalue weighted by molar-refractivity contribution is 6.31. The van der Waals surface area contributed by atoms with Crippen LogP contribution < -0.4 is 5.32 Å². The first-order chi connectivity index (χ1) is 13.7. The Labute approximate surface area is 174 Å². The zero-order valence-electron chi connectivity index (χ0n) is 16.5. The minimum Gasteiger partial charge on any atom is -0.322 e. The largest absolute Gasteiger partial charge is 0.322 e. The highest BCUT2D eigenvalue weighted by Crippen LogP contribution is 2.50. The fourth-order valence-electron chi connectivity index (χ4n) is 4.15. The first-order valence-electron chi connectivity index (χ1n) is 9.77. The first kappa shape index (κ1) is 20.3. The van der Waals surface area contributed by atoms with Crippen LogP contribution in [0.2, 0.25) is 5.02 Å². The van der Waals surface area contributed by atoms with Crippen LogP contribution in [-0.4, -0.2) is 48.9 Å². The van der Waals surface area contributed by atoms with Gasteiger partial charge < -0.3 is 10.2 Å². The van der Waals surface area contributed by atoms with Crippen molar-refractivity contribution in [2.24, 2.45) is 0 Å². The maximum Gasteiger partial charge on any atom is 0.275 e. The number of rotatable bonds is 3. The summed E-state index contributed by atoms with van der Waals surface area (Å²) < 4.78 is 29.6. The Morgan fingerprint density at radius 2 is 1.86 bits per heavy atom. The summed E-state index contributed by atoms with van der Waals surface area (Å²) in [6, 6.07) is 9.55. The summed E-state index contributed by atoms with van der Waals surface area (Å²) in [5.74, 6) is -3.25. The van der Waals surface area contributed by atoms with Gasteiger partial charge in [0.2, 0.25) is 0 Å². The molecular weight excluding hydrogens is 396 g/mol. The van der Waals surface area contributed by atoms with E-state index in [0.717, 1.165) is 31.7 Å². The maximum absolute atomic E-state index is 14.8. The van der Waals surface area contributed by atoms with Gasteiger partial charge in [-0.15, -0.1) is 0 Å². The molecule has 2 aliphatic rings. The zero-order chi connectivity index (χ0) is 20.8. The summed E-state index contributed by atoms with van der Waals surface area (Å²) >= 11 is 6.00. The van der Waals surface area contributed by atoms with E-state index >= 15 is 0 Å². The van der Waals surface area contributed by atoms with E-state index in [9.17, 15) is 13.6 Å². The molecule has 1 amide bonds. The van der Waals surface area contributed by atoms with Crippen molar-refractivity contribution in [1.29, 1.82) is 0 Å². The number of halogens is 3. The Hall–Kier alpha value is -2.02. The predicted octanol–water partition coefficient (Wildman–Crippen LogP) is 4.68. The molecule has 1 fully saturated rings. The van der Waals surface area contributed by atoms with Gasteiger partial charge in [0.15, 0.2) is 0 Å². The van der Waals surface area contributed by atoms with Crippen molar-refractivity contribution in [2.45, 2.75) is 25.3 Å². The lowest BCUT2D eigenvalue weighted by atomic mass is 10.0. The van der Waals surface area contributed by atoms with Gasteiger partial charge in [0.25, 0.3) is 11.8 Å². The molecule has 4 rings (SSSR count). The molecule has 1 unspecified atom stereocenters. The number of anilines is 1. The molecule has 0 aromatic heterocycles. The van der Waals surface area contributed by atoms with E-state index in [-0.39, 0.29) is 23.9 Å². The van der Waals surface area contributed by atoms with Crippen LogP contribution in [0, 0.1) is 6.92 Å². The Morgan fingerprint density at radius 1 is 1.14 bits per heavy atom. The van der Waals surface area contributed by atoms with Gasteiger partial charge >= 0.3 is 0 Å². The van der Waals surface area contributed by atoms with Crippen LogP contribution in [0.5, 0.6) is 0 Å². The first-order valence-corrected chi connectivity index (χ1v) is 10.1. The third-order valence-electron chi connectivity index (χ3n) is 5.91. The van der Waals surface area contributed by atoms with Crippen LogP contribution in [0.25, 0.3) is 0 Å². The monoisotopic (exact) mass is 419 g/mol. The van der Waals surface area contributed by atoms with E-state index in [2.05, 4.69) is 15.1 Å². The molecule has 29 heavy (non-hydrogen) atoms. The number of hydrogen-bond donors (Lipinski definition) is 1. The van der Waals surface area contributed by atoms with Crippen molar-refractivity contribution >= 4 is 23.2 Å². The van der Waals surface area contributed by atoms with Crippen molar-refractivity contribution in [2.75, 3.05) is 38.5 Å². The van der Waals surface area contributed by atoms with Gasteiger partial charge in [-0.1, -0.05) is 17.7 Å². The molecule has 0 bridgehead atoms. The maximum atomic E-state index is 14.8. The number of carbonyl (C=O) groups excluding carboxylic acids is 1. The second-order valence-corrected chi connectivity index (χ2v) is 8.39. The quantitative estimate of drug-likeness (QED) is 0.784. The van der Waals surface area contributed by atoms with E-state index in [0.29, 0.717) is 21.8 Å². The fourth-order valence-corrected chi connectivity index (χ4v) is 4.27. The van der Waals surface area contributed by atoms with Crippen LogP contribution in [0.4, 0.5) is 14.5 Å². The average Bonchev–Trinajstić information content (AvgIpc) is 2.95. The molecule has 2 aromatic carbocycles. The van der Waals surface area contributed by atoms with E-state index < -0.39 is 5.92 Å². The summed E-state index contributed by atoms with van der Waals surface area (Å²) in [4.78, 5) is 16.9. The minimum absolute atomic E-state index is 0.0199. The van der Waals surface area contributed by atoms with Crippen molar-refractivity contribution in [3.63, 3.8) is 0 Å². The number of fused-ring (bicyclic) bond motifs is 1. The number of hydrogen-bond acceptors (Lipinski definition) is 3. The minimum atomic E-state index is -2.90. The van der Waals surface area contributed by atoms with Gasteiger partial charge in [-0.25, -0.2) is 8.78 Å². The smallest absolute Gasteiger partial charge is 0.275 e.